The van der Waals surface area contributed by atoms with Crippen LogP contribution in [0.25, 0.3) is 21.9 Å². The van der Waals surface area contributed by atoms with Gasteiger partial charge < -0.3 is 10.6 Å². The number of thiophene rings is 1. The lowest BCUT2D eigenvalue weighted by Crippen LogP contribution is -2.09. The highest BCUT2D eigenvalue weighted by atomic mass is 35.5. The third kappa shape index (κ3) is 13.0. The molecule has 2 heterocycles. The average Bonchev–Trinajstić information content (AvgIpc) is 3.68. The standard InChI is InChI=1S/C41H28Cl2N10O17S7/c1-19-28(17-44)38(46-21-6-8-30(42)34(12-21)76(65,66)67)48-39(47-22-7-9-31(43)35(13-22)77(68,69)70)37(19)50-51-40-29(18-45)36(20-4-3-5-23(10-20)53-72(2,54)55)41(71-40)52-49-24-11-26-27(32(14-24)74(59,60)61)15-25(73(56,57)58)16-33(26)75(62,63)64/h3-16,53H,1-2H3,(H2,46,47,48)(H,56,57,58)(H,59,60,61)(H,62,63,64)(H,65,66,67)(H,68,69,70)/b51-50?,52-49+. The van der Waals surface area contributed by atoms with Crippen molar-refractivity contribution in [3.8, 4) is 23.3 Å². The molecule has 0 radical (unpaired) electrons. The molecular formula is C41H28Cl2N10O17S7. The number of nitriles is 2. The topological polar surface area (TPSA) is 452 Å². The zero-order valence-corrected chi connectivity index (χ0v) is 45.2. The molecule has 5 aromatic carbocycles. The first-order chi connectivity index (χ1) is 35.6. The van der Waals surface area contributed by atoms with Crippen molar-refractivity contribution in [3.05, 3.63) is 112 Å². The van der Waals surface area contributed by atoms with E-state index in [0.29, 0.717) is 29.5 Å². The highest BCUT2D eigenvalue weighted by molar-refractivity contribution is 7.92. The van der Waals surface area contributed by atoms with Gasteiger partial charge in [0.15, 0.2) is 16.6 Å². The Morgan fingerprint density at radius 1 is 0.558 bits per heavy atom. The molecule has 0 saturated carbocycles. The summed E-state index contributed by atoms with van der Waals surface area (Å²) in [6, 6.07) is 17.9. The number of azo groups is 2. The summed E-state index contributed by atoms with van der Waals surface area (Å²) in [5.41, 5.74) is -1.99. The normalized spacial score (nSPS) is 12.7. The zero-order valence-electron chi connectivity index (χ0n) is 38.0. The quantitative estimate of drug-likeness (QED) is 0.0330. The van der Waals surface area contributed by atoms with Crippen LogP contribution in [0.15, 0.2) is 130 Å². The maximum absolute atomic E-state index is 12.7. The Hall–Kier alpha value is -7.13. The summed E-state index contributed by atoms with van der Waals surface area (Å²) in [6.45, 7) is 1.34. The van der Waals surface area contributed by atoms with E-state index in [1.807, 2.05) is 12.1 Å². The van der Waals surface area contributed by atoms with Gasteiger partial charge in [0.25, 0.3) is 50.6 Å². The number of benzene rings is 5. The number of fused-ring (bicyclic) bond motifs is 1. The molecule has 0 unspecified atom stereocenters. The van der Waals surface area contributed by atoms with E-state index in [1.165, 1.54) is 43.3 Å². The van der Waals surface area contributed by atoms with E-state index in [1.54, 1.807) is 0 Å². The molecule has 7 rings (SSSR count). The molecule has 0 fully saturated rings. The lowest BCUT2D eigenvalue weighted by Gasteiger charge is -2.16. The summed E-state index contributed by atoms with van der Waals surface area (Å²) in [4.78, 5) is -0.706. The van der Waals surface area contributed by atoms with E-state index in [0.717, 1.165) is 36.6 Å². The van der Waals surface area contributed by atoms with Gasteiger partial charge in [0.2, 0.25) is 10.0 Å². The van der Waals surface area contributed by atoms with Crippen molar-refractivity contribution in [2.45, 2.75) is 31.4 Å². The first-order valence-corrected chi connectivity index (χ1v) is 30.8. The van der Waals surface area contributed by atoms with Crippen LogP contribution in [0.4, 0.5) is 50.1 Å². The number of rotatable bonds is 16. The van der Waals surface area contributed by atoms with E-state index in [4.69, 9.17) is 23.2 Å². The second kappa shape index (κ2) is 21.0. The zero-order chi connectivity index (χ0) is 57.0. The van der Waals surface area contributed by atoms with Crippen LogP contribution < -0.4 is 15.4 Å². The van der Waals surface area contributed by atoms with Gasteiger partial charge >= 0.3 is 0 Å². The van der Waals surface area contributed by atoms with Gasteiger partial charge in [0.05, 0.1) is 32.4 Å². The predicted molar refractivity (Wildman–Crippen MR) is 277 cm³/mol. The Bertz CT molecular complexity index is 4570. The minimum Gasteiger partial charge on any atom is -0.339 e. The summed E-state index contributed by atoms with van der Waals surface area (Å²) >= 11 is 12.6. The maximum Gasteiger partial charge on any atom is 0.296 e. The second-order valence-corrected chi connectivity index (χ2v) is 26.1. The fourth-order valence-electron chi connectivity index (χ4n) is 7.02. The molecule has 77 heavy (non-hydrogen) atoms. The summed E-state index contributed by atoms with van der Waals surface area (Å²) in [5, 5.41) is 40.5. The van der Waals surface area contributed by atoms with E-state index in [2.05, 4.69) is 40.8 Å². The highest BCUT2D eigenvalue weighted by Crippen LogP contribution is 2.49. The fourth-order valence-corrected chi connectivity index (χ4v) is 12.5. The van der Waals surface area contributed by atoms with Gasteiger partial charge in [-0.05, 0) is 85.3 Å². The summed E-state index contributed by atoms with van der Waals surface area (Å²) in [7, 11) is -29.9. The van der Waals surface area contributed by atoms with Crippen LogP contribution in [0.5, 0.6) is 0 Å². The first kappa shape index (κ1) is 57.6. The van der Waals surface area contributed by atoms with Crippen LogP contribution in [-0.4, -0.2) is 84.5 Å². The van der Waals surface area contributed by atoms with E-state index >= 15 is 0 Å². The SMILES string of the molecule is Cc1c(C#N)c(Nc2ccc(Cl)c(S(=O)(=O)O)c2)nc(Nc2ccc(Cl)c(S(=O)(=O)O)c2)c1N=Nc1sc(/N=N/c2cc(S(=O)(=O)O)c3cc(S(=O)(=O)O)cc(S(=O)(=O)O)c3c2)c(-c2cccc(NS(C)(=O)=O)c2)c1C#N. The maximum atomic E-state index is 12.7. The number of hydrogen-bond donors (Lipinski definition) is 8. The molecule has 0 amide bonds. The number of nitrogens with one attached hydrogen (secondary N) is 3. The van der Waals surface area contributed by atoms with Gasteiger partial charge in [0, 0.05) is 39.0 Å². The molecule has 400 valence electrons. The molecular weight excluding hydrogens is 1200 g/mol. The summed E-state index contributed by atoms with van der Waals surface area (Å²) in [5.74, 6) is -0.664. The minimum atomic E-state index is -5.45. The van der Waals surface area contributed by atoms with E-state index in [-0.39, 0.29) is 77.2 Å². The lowest BCUT2D eigenvalue weighted by atomic mass is 10.0. The van der Waals surface area contributed by atoms with Gasteiger partial charge in [-0.3, -0.25) is 27.5 Å². The van der Waals surface area contributed by atoms with Crippen LogP contribution in [0.2, 0.25) is 10.0 Å². The second-order valence-electron chi connectivity index (χ2n) is 15.6. The van der Waals surface area contributed by atoms with Gasteiger partial charge in [-0.2, -0.15) is 52.6 Å². The molecule has 27 nitrogen and oxygen atoms in total. The molecule has 0 spiro atoms. The van der Waals surface area contributed by atoms with Crippen LogP contribution in [0.1, 0.15) is 16.7 Å². The first-order valence-electron chi connectivity index (χ1n) is 20.1. The van der Waals surface area contributed by atoms with Crippen LogP contribution in [0, 0.1) is 29.6 Å². The molecule has 0 aliphatic heterocycles. The fraction of sp³-hybridized carbons (Fsp3) is 0.0488. The lowest BCUT2D eigenvalue weighted by molar-refractivity contribution is 0.478. The number of aromatic nitrogens is 1. The molecule has 0 aliphatic carbocycles. The minimum absolute atomic E-state index is 0.0391. The molecule has 36 heteroatoms. The Balaban J connectivity index is 1.47. The van der Waals surface area contributed by atoms with Gasteiger partial charge in [0.1, 0.15) is 48.0 Å². The van der Waals surface area contributed by atoms with E-state index < -0.39 is 107 Å². The average molecular weight is 1230 g/mol. The molecule has 7 aromatic rings. The molecule has 0 atom stereocenters. The van der Waals surface area contributed by atoms with Crippen molar-refractivity contribution < 1.29 is 73.3 Å². The Labute approximate surface area is 450 Å². The Kier molecular flexibility index (Phi) is 15.7. The summed E-state index contributed by atoms with van der Waals surface area (Å²) < 4.78 is 199. The van der Waals surface area contributed by atoms with Crippen LogP contribution in [0.3, 0.4) is 0 Å². The molecule has 0 bridgehead atoms. The monoisotopic (exact) mass is 1230 g/mol. The van der Waals surface area contributed by atoms with Crippen LogP contribution >= 0.6 is 34.5 Å². The van der Waals surface area contributed by atoms with Crippen molar-refractivity contribution >= 4 is 156 Å². The largest absolute Gasteiger partial charge is 0.339 e. The third-order valence-corrected chi connectivity index (χ3v) is 17.1. The predicted octanol–water partition coefficient (Wildman–Crippen LogP) is 9.24. The Morgan fingerprint density at radius 2 is 1.08 bits per heavy atom. The van der Waals surface area contributed by atoms with Crippen molar-refractivity contribution in [3.63, 3.8) is 0 Å². The van der Waals surface area contributed by atoms with Gasteiger partial charge in [-0.25, -0.2) is 13.4 Å². The number of anilines is 5. The summed E-state index contributed by atoms with van der Waals surface area (Å²) in [6.07, 6.45) is 0.850. The van der Waals surface area contributed by atoms with Gasteiger partial charge in [-0.1, -0.05) is 46.7 Å². The molecule has 2 aromatic heterocycles. The molecule has 0 saturated heterocycles. The number of halogens is 2. The Morgan fingerprint density at radius 3 is 1.60 bits per heavy atom. The molecule has 0 aliphatic rings. The third-order valence-electron chi connectivity index (χ3n) is 10.2. The van der Waals surface area contributed by atoms with Gasteiger partial charge in [-0.15, -0.1) is 20.5 Å². The molecule has 8 N–H and O–H groups in total. The van der Waals surface area contributed by atoms with Crippen molar-refractivity contribution in [2.75, 3.05) is 21.6 Å². The van der Waals surface area contributed by atoms with Crippen molar-refractivity contribution in [1.82, 2.24) is 4.98 Å². The van der Waals surface area contributed by atoms with Crippen molar-refractivity contribution in [2.24, 2.45) is 20.5 Å². The number of nitrogens with zero attached hydrogens (tertiary/aromatic N) is 7. The number of sulfonamides is 1. The van der Waals surface area contributed by atoms with Crippen molar-refractivity contribution in [1.29, 1.82) is 10.5 Å². The smallest absolute Gasteiger partial charge is 0.296 e. The number of hydrogen-bond acceptors (Lipinski definition) is 22. The highest BCUT2D eigenvalue weighted by Gasteiger charge is 2.28. The number of pyridine rings is 1. The van der Waals surface area contributed by atoms with E-state index in [9.17, 15) is 83.8 Å². The van der Waals surface area contributed by atoms with Crippen LogP contribution in [-0.2, 0) is 60.6 Å².